The molecule has 0 radical (unpaired) electrons. The average Bonchev–Trinajstić information content (AvgIpc) is 2.43. The van der Waals surface area contributed by atoms with E-state index in [1.165, 1.54) is 45.3 Å². The van der Waals surface area contributed by atoms with Gasteiger partial charge in [-0.1, -0.05) is 26.2 Å². The summed E-state index contributed by atoms with van der Waals surface area (Å²) in [7, 11) is 2.22. The number of hydrogen-bond donors (Lipinski definition) is 0. The van der Waals surface area contributed by atoms with E-state index in [-0.39, 0.29) is 12.4 Å². The van der Waals surface area contributed by atoms with E-state index in [0.717, 1.165) is 0 Å². The Morgan fingerprint density at radius 2 is 1.86 bits per heavy atom. The van der Waals surface area contributed by atoms with E-state index in [0.29, 0.717) is 6.17 Å². The third kappa shape index (κ3) is 4.16. The maximum absolute atomic E-state index is 2.59. The van der Waals surface area contributed by atoms with Crippen LogP contribution in [0.4, 0.5) is 0 Å². The van der Waals surface area contributed by atoms with Gasteiger partial charge in [-0.15, -0.1) is 12.4 Å². The predicted molar refractivity (Wildman–Crippen MR) is 65.1 cm³/mol. The first-order valence-electron chi connectivity index (χ1n) is 5.70. The fourth-order valence-corrected chi connectivity index (χ4v) is 1.98. The van der Waals surface area contributed by atoms with Crippen LogP contribution in [0, 0.1) is 0 Å². The van der Waals surface area contributed by atoms with Gasteiger partial charge in [-0.2, -0.15) is 0 Å². The Labute approximate surface area is 95.1 Å². The summed E-state index contributed by atoms with van der Waals surface area (Å²) in [5, 5.41) is 0. The molecule has 1 unspecified atom stereocenters. The molecule has 0 aliphatic carbocycles. The van der Waals surface area contributed by atoms with Crippen LogP contribution >= 0.6 is 12.4 Å². The molecule has 0 amide bonds. The van der Waals surface area contributed by atoms with E-state index in [1.54, 1.807) is 0 Å². The third-order valence-corrected chi connectivity index (χ3v) is 3.21. The van der Waals surface area contributed by atoms with Crippen LogP contribution in [0.3, 0.4) is 0 Å². The maximum Gasteiger partial charge on any atom is 0.0591 e. The van der Waals surface area contributed by atoms with Crippen molar-refractivity contribution >= 4 is 12.4 Å². The van der Waals surface area contributed by atoms with Crippen molar-refractivity contribution in [3.05, 3.63) is 0 Å². The van der Waals surface area contributed by atoms with Crippen molar-refractivity contribution in [2.24, 2.45) is 0 Å². The Balaban J connectivity index is 0.00000169. The molecule has 0 bridgehead atoms. The SMILES string of the molecule is CCCCCCN1CCN(C)C1C.Cl. The molecule has 1 fully saturated rings. The highest BCUT2D eigenvalue weighted by Gasteiger charge is 2.23. The number of halogens is 1. The molecule has 3 heteroatoms. The lowest BCUT2D eigenvalue weighted by Crippen LogP contribution is -2.34. The minimum Gasteiger partial charge on any atom is -0.290 e. The third-order valence-electron chi connectivity index (χ3n) is 3.21. The van der Waals surface area contributed by atoms with Crippen molar-refractivity contribution in [1.82, 2.24) is 9.80 Å². The van der Waals surface area contributed by atoms with Gasteiger partial charge in [0, 0.05) is 13.1 Å². The van der Waals surface area contributed by atoms with Crippen LogP contribution in [0.25, 0.3) is 0 Å². The van der Waals surface area contributed by atoms with Crippen molar-refractivity contribution < 1.29 is 0 Å². The summed E-state index contributed by atoms with van der Waals surface area (Å²) < 4.78 is 0. The second-order valence-corrected chi connectivity index (χ2v) is 4.21. The summed E-state index contributed by atoms with van der Waals surface area (Å²) in [6, 6.07) is 0. The summed E-state index contributed by atoms with van der Waals surface area (Å²) in [5.74, 6) is 0. The van der Waals surface area contributed by atoms with Crippen molar-refractivity contribution in [1.29, 1.82) is 0 Å². The molecule has 1 aliphatic rings. The van der Waals surface area contributed by atoms with Crippen molar-refractivity contribution in [2.75, 3.05) is 26.7 Å². The Morgan fingerprint density at radius 1 is 1.14 bits per heavy atom. The highest BCUT2D eigenvalue weighted by atomic mass is 35.5. The standard InChI is InChI=1S/C11H24N2.ClH/c1-4-5-6-7-8-13-10-9-12(3)11(13)2;/h11H,4-10H2,1-3H3;1H. The van der Waals surface area contributed by atoms with Crippen LogP contribution in [-0.2, 0) is 0 Å². The van der Waals surface area contributed by atoms with Gasteiger partial charge in [0.15, 0.2) is 0 Å². The van der Waals surface area contributed by atoms with Crippen LogP contribution in [0.2, 0.25) is 0 Å². The largest absolute Gasteiger partial charge is 0.290 e. The first kappa shape index (κ1) is 14.2. The monoisotopic (exact) mass is 220 g/mol. The van der Waals surface area contributed by atoms with Gasteiger partial charge >= 0.3 is 0 Å². The van der Waals surface area contributed by atoms with Gasteiger partial charge in [0.05, 0.1) is 6.17 Å². The van der Waals surface area contributed by atoms with Crippen LogP contribution in [0.5, 0.6) is 0 Å². The second kappa shape index (κ2) is 7.49. The minimum atomic E-state index is 0. The van der Waals surface area contributed by atoms with Crippen molar-refractivity contribution in [3.63, 3.8) is 0 Å². The van der Waals surface area contributed by atoms with Gasteiger partial charge in [0.1, 0.15) is 0 Å². The Morgan fingerprint density at radius 3 is 2.36 bits per heavy atom. The molecule has 0 N–H and O–H groups in total. The zero-order chi connectivity index (χ0) is 9.68. The van der Waals surface area contributed by atoms with Gasteiger partial charge in [0.2, 0.25) is 0 Å². The minimum absolute atomic E-state index is 0. The molecule has 0 aromatic heterocycles. The zero-order valence-electron chi connectivity index (χ0n) is 9.83. The smallest absolute Gasteiger partial charge is 0.0591 e. The molecular weight excluding hydrogens is 196 g/mol. The van der Waals surface area contributed by atoms with Crippen LogP contribution in [0.15, 0.2) is 0 Å². The van der Waals surface area contributed by atoms with E-state index in [2.05, 4.69) is 30.7 Å². The second-order valence-electron chi connectivity index (χ2n) is 4.21. The van der Waals surface area contributed by atoms with Crippen molar-refractivity contribution in [3.8, 4) is 0 Å². The summed E-state index contributed by atoms with van der Waals surface area (Å²) in [6.45, 7) is 8.39. The molecule has 1 aliphatic heterocycles. The van der Waals surface area contributed by atoms with E-state index in [9.17, 15) is 0 Å². The van der Waals surface area contributed by atoms with Crippen LogP contribution in [0.1, 0.15) is 39.5 Å². The van der Waals surface area contributed by atoms with Gasteiger partial charge in [-0.25, -0.2) is 0 Å². The van der Waals surface area contributed by atoms with Crippen LogP contribution < -0.4 is 0 Å². The predicted octanol–water partition coefficient (Wildman–Crippen LogP) is 2.58. The van der Waals surface area contributed by atoms with E-state index < -0.39 is 0 Å². The molecule has 0 aromatic carbocycles. The highest BCUT2D eigenvalue weighted by molar-refractivity contribution is 5.85. The lowest BCUT2D eigenvalue weighted by atomic mass is 10.2. The van der Waals surface area contributed by atoms with Gasteiger partial charge in [-0.3, -0.25) is 9.80 Å². The molecule has 1 heterocycles. The first-order valence-corrected chi connectivity index (χ1v) is 5.70. The number of rotatable bonds is 5. The number of unbranched alkanes of at least 4 members (excludes halogenated alkanes) is 3. The summed E-state index contributed by atoms with van der Waals surface area (Å²) >= 11 is 0. The fraction of sp³-hybridized carbons (Fsp3) is 1.00. The Hall–Kier alpha value is 0.210. The van der Waals surface area contributed by atoms with Gasteiger partial charge < -0.3 is 0 Å². The molecular formula is C11H25ClN2. The Kier molecular flexibility index (Phi) is 7.61. The topological polar surface area (TPSA) is 6.48 Å². The molecule has 1 saturated heterocycles. The van der Waals surface area contributed by atoms with E-state index in [1.807, 2.05) is 0 Å². The molecule has 2 nitrogen and oxygen atoms in total. The van der Waals surface area contributed by atoms with Crippen LogP contribution in [-0.4, -0.2) is 42.6 Å². The Bertz CT molecular complexity index is 141. The number of hydrogen-bond acceptors (Lipinski definition) is 2. The van der Waals surface area contributed by atoms with Crippen molar-refractivity contribution in [2.45, 2.75) is 45.7 Å². The highest BCUT2D eigenvalue weighted by Crippen LogP contribution is 2.12. The lowest BCUT2D eigenvalue weighted by Gasteiger charge is -2.23. The molecule has 0 spiro atoms. The fourth-order valence-electron chi connectivity index (χ4n) is 1.98. The number of likely N-dealkylation sites (N-methyl/N-ethyl adjacent to an activating group) is 1. The van der Waals surface area contributed by atoms with E-state index >= 15 is 0 Å². The zero-order valence-corrected chi connectivity index (χ0v) is 10.6. The quantitative estimate of drug-likeness (QED) is 0.658. The summed E-state index contributed by atoms with van der Waals surface area (Å²) in [5.41, 5.74) is 0. The van der Waals surface area contributed by atoms with E-state index in [4.69, 9.17) is 0 Å². The van der Waals surface area contributed by atoms with Gasteiger partial charge in [-0.05, 0) is 26.9 Å². The van der Waals surface area contributed by atoms with Gasteiger partial charge in [0.25, 0.3) is 0 Å². The lowest BCUT2D eigenvalue weighted by molar-refractivity contribution is 0.174. The summed E-state index contributed by atoms with van der Waals surface area (Å²) in [6.07, 6.45) is 6.20. The molecule has 86 valence electrons. The average molecular weight is 221 g/mol. The molecule has 1 rings (SSSR count). The molecule has 0 saturated carbocycles. The number of nitrogens with zero attached hydrogens (tertiary/aromatic N) is 2. The molecule has 14 heavy (non-hydrogen) atoms. The first-order chi connectivity index (χ1) is 6.25. The summed E-state index contributed by atoms with van der Waals surface area (Å²) in [4.78, 5) is 5.02. The maximum atomic E-state index is 2.59. The molecule has 0 aromatic rings. The molecule has 1 atom stereocenters. The normalized spacial score (nSPS) is 23.8.